The third kappa shape index (κ3) is 6.23. The predicted molar refractivity (Wildman–Crippen MR) is 126 cm³/mol. The summed E-state index contributed by atoms with van der Waals surface area (Å²) in [6, 6.07) is 11.9. The van der Waals surface area contributed by atoms with Crippen LogP contribution in [0, 0.1) is 0 Å². The quantitative estimate of drug-likeness (QED) is 0.319. The van der Waals surface area contributed by atoms with Crippen molar-refractivity contribution in [2.24, 2.45) is 5.73 Å². The maximum Gasteiger partial charge on any atom is 0.319 e. The summed E-state index contributed by atoms with van der Waals surface area (Å²) in [5, 5.41) is 22.0. The molecule has 0 fully saturated rings. The Morgan fingerprint density at radius 2 is 2.06 bits per heavy atom. The minimum atomic E-state index is -0.498. The van der Waals surface area contributed by atoms with Crippen molar-refractivity contribution in [2.45, 2.75) is 12.5 Å². The van der Waals surface area contributed by atoms with E-state index in [1.807, 2.05) is 36.4 Å². The molecule has 1 unspecified atom stereocenters. The van der Waals surface area contributed by atoms with E-state index in [0.29, 0.717) is 23.5 Å². The zero-order chi connectivity index (χ0) is 23.8. The summed E-state index contributed by atoms with van der Waals surface area (Å²) in [5.41, 5.74) is 9.01. The van der Waals surface area contributed by atoms with Crippen LogP contribution < -0.4 is 26.0 Å². The number of aliphatic hydroxyl groups excluding tert-OH is 1. The van der Waals surface area contributed by atoms with E-state index in [4.69, 9.17) is 10.5 Å². The van der Waals surface area contributed by atoms with E-state index in [2.05, 4.69) is 20.8 Å². The number of nitrogens with one attached hydrogen (secondary N) is 3. The largest absolute Gasteiger partial charge is 0.497 e. The number of anilines is 2. The van der Waals surface area contributed by atoms with Crippen LogP contribution in [0.4, 0.5) is 16.2 Å². The molecule has 3 aromatic rings. The molecular weight excluding hydrogens is 424 g/mol. The first-order valence-corrected chi connectivity index (χ1v) is 10.4. The van der Waals surface area contributed by atoms with Crippen LogP contribution in [0.1, 0.15) is 18.0 Å². The first kappa shape index (κ1) is 23.6. The first-order valence-electron chi connectivity index (χ1n) is 10.4. The molecule has 174 valence electrons. The molecule has 0 aliphatic heterocycles. The van der Waals surface area contributed by atoms with Crippen molar-refractivity contribution in [3.8, 4) is 16.9 Å². The summed E-state index contributed by atoms with van der Waals surface area (Å²) in [5.74, 6) is 0.158. The number of carbonyl (C=O) groups excluding carboxylic acids is 2. The summed E-state index contributed by atoms with van der Waals surface area (Å²) >= 11 is 0. The van der Waals surface area contributed by atoms with Gasteiger partial charge in [-0.3, -0.25) is 9.89 Å². The molecule has 0 aliphatic carbocycles. The van der Waals surface area contributed by atoms with Gasteiger partial charge in [-0.05, 0) is 41.8 Å². The van der Waals surface area contributed by atoms with Crippen LogP contribution in [-0.2, 0) is 4.79 Å². The number of H-pyrrole nitrogens is 1. The van der Waals surface area contributed by atoms with Gasteiger partial charge in [-0.2, -0.15) is 5.10 Å². The summed E-state index contributed by atoms with van der Waals surface area (Å²) in [4.78, 5) is 26.0. The molecule has 0 aliphatic rings. The second-order valence-corrected chi connectivity index (χ2v) is 7.48. The first-order chi connectivity index (χ1) is 15.9. The van der Waals surface area contributed by atoms with Gasteiger partial charge in [-0.1, -0.05) is 18.2 Å². The molecule has 10 heteroatoms. The molecule has 1 atom stereocenters. The van der Waals surface area contributed by atoms with E-state index in [9.17, 15) is 14.7 Å². The highest BCUT2D eigenvalue weighted by Gasteiger charge is 2.18. The van der Waals surface area contributed by atoms with Crippen molar-refractivity contribution in [3.63, 3.8) is 0 Å². The average molecular weight is 453 g/mol. The number of ether oxygens (including phenoxy) is 1. The second-order valence-electron chi connectivity index (χ2n) is 7.48. The smallest absolute Gasteiger partial charge is 0.319 e. The van der Waals surface area contributed by atoms with Crippen molar-refractivity contribution >= 4 is 23.3 Å². The maximum atomic E-state index is 12.9. The van der Waals surface area contributed by atoms with Gasteiger partial charge < -0.3 is 31.1 Å². The standard InChI is InChI=1S/C23H28N6O4/c1-29(14-22(24)31)21-11-15(17-12-25-26-13-17)6-7-20(21)28-23(32)27-19(8-9-30)16-4-3-5-18(10-16)33-2/h3-7,10-13,19,30H,8-9,14H2,1-2H3,(H2,24,31)(H,25,26)(H2,27,28,32). The summed E-state index contributed by atoms with van der Waals surface area (Å²) < 4.78 is 5.26. The Labute approximate surface area is 191 Å². The molecule has 10 nitrogen and oxygen atoms in total. The molecular formula is C23H28N6O4. The average Bonchev–Trinajstić information content (AvgIpc) is 3.33. The number of aliphatic hydroxyl groups is 1. The molecule has 3 rings (SSSR count). The van der Waals surface area contributed by atoms with Gasteiger partial charge in [0.1, 0.15) is 5.75 Å². The van der Waals surface area contributed by atoms with Gasteiger partial charge in [0.25, 0.3) is 0 Å². The molecule has 0 spiro atoms. The van der Waals surface area contributed by atoms with E-state index in [1.54, 1.807) is 37.5 Å². The number of hydrogen-bond acceptors (Lipinski definition) is 6. The van der Waals surface area contributed by atoms with E-state index >= 15 is 0 Å². The van der Waals surface area contributed by atoms with Crippen LogP contribution in [-0.4, -0.2) is 54.6 Å². The number of rotatable bonds is 10. The van der Waals surface area contributed by atoms with Crippen LogP contribution in [0.15, 0.2) is 54.9 Å². The lowest BCUT2D eigenvalue weighted by Gasteiger charge is -2.24. The normalized spacial score (nSPS) is 11.5. The zero-order valence-electron chi connectivity index (χ0n) is 18.5. The van der Waals surface area contributed by atoms with Crippen molar-refractivity contribution in [3.05, 3.63) is 60.4 Å². The Hall–Kier alpha value is -4.05. The monoisotopic (exact) mass is 452 g/mol. The Kier molecular flexibility index (Phi) is 7.87. The Morgan fingerprint density at radius 1 is 1.24 bits per heavy atom. The van der Waals surface area contributed by atoms with Crippen molar-refractivity contribution in [1.29, 1.82) is 0 Å². The van der Waals surface area contributed by atoms with E-state index in [1.165, 1.54) is 0 Å². The van der Waals surface area contributed by atoms with Crippen LogP contribution in [0.2, 0.25) is 0 Å². The molecule has 3 amide bonds. The lowest BCUT2D eigenvalue weighted by atomic mass is 10.0. The van der Waals surface area contributed by atoms with Gasteiger partial charge in [0.2, 0.25) is 5.91 Å². The van der Waals surface area contributed by atoms with E-state index in [0.717, 1.165) is 16.7 Å². The number of carbonyl (C=O) groups is 2. The van der Waals surface area contributed by atoms with Crippen LogP contribution in [0.5, 0.6) is 5.75 Å². The summed E-state index contributed by atoms with van der Waals surface area (Å²) in [7, 11) is 3.28. The molecule has 0 saturated heterocycles. The summed E-state index contributed by atoms with van der Waals surface area (Å²) in [6.07, 6.45) is 3.76. The topological polar surface area (TPSA) is 146 Å². The number of hydrogen-bond donors (Lipinski definition) is 5. The number of urea groups is 1. The fraction of sp³-hybridized carbons (Fsp3) is 0.261. The van der Waals surface area contributed by atoms with Gasteiger partial charge in [0.05, 0.1) is 37.3 Å². The molecule has 1 aromatic heterocycles. The lowest BCUT2D eigenvalue weighted by Crippen LogP contribution is -2.34. The number of likely N-dealkylation sites (N-methyl/N-ethyl adjacent to an activating group) is 1. The number of nitrogens with two attached hydrogens (primary N) is 1. The molecule has 0 radical (unpaired) electrons. The van der Waals surface area contributed by atoms with Crippen molar-refractivity contribution in [2.75, 3.05) is 37.5 Å². The van der Waals surface area contributed by atoms with Crippen LogP contribution >= 0.6 is 0 Å². The van der Waals surface area contributed by atoms with Crippen molar-refractivity contribution in [1.82, 2.24) is 15.5 Å². The number of benzene rings is 2. The molecule has 2 aromatic carbocycles. The highest BCUT2D eigenvalue weighted by Crippen LogP contribution is 2.31. The highest BCUT2D eigenvalue weighted by molar-refractivity contribution is 5.95. The van der Waals surface area contributed by atoms with E-state index in [-0.39, 0.29) is 13.2 Å². The second kappa shape index (κ2) is 11.0. The Bertz CT molecular complexity index is 1090. The fourth-order valence-electron chi connectivity index (χ4n) is 3.49. The maximum absolute atomic E-state index is 12.9. The van der Waals surface area contributed by atoms with Gasteiger partial charge >= 0.3 is 6.03 Å². The van der Waals surface area contributed by atoms with Gasteiger partial charge in [0.15, 0.2) is 0 Å². The Balaban J connectivity index is 1.83. The molecule has 0 bridgehead atoms. The predicted octanol–water partition coefficient (Wildman–Crippen LogP) is 2.25. The third-order valence-corrected chi connectivity index (χ3v) is 5.10. The van der Waals surface area contributed by atoms with Crippen LogP contribution in [0.3, 0.4) is 0 Å². The number of aromatic amines is 1. The molecule has 33 heavy (non-hydrogen) atoms. The SMILES string of the molecule is COc1cccc(C(CCO)NC(=O)Nc2ccc(-c3cn[nH]c3)cc2N(C)CC(N)=O)c1. The fourth-order valence-corrected chi connectivity index (χ4v) is 3.49. The van der Waals surface area contributed by atoms with Gasteiger partial charge in [-0.25, -0.2) is 4.79 Å². The Morgan fingerprint density at radius 3 is 2.73 bits per heavy atom. The zero-order valence-corrected chi connectivity index (χ0v) is 18.5. The lowest BCUT2D eigenvalue weighted by molar-refractivity contribution is -0.116. The molecule has 6 N–H and O–H groups in total. The highest BCUT2D eigenvalue weighted by atomic mass is 16.5. The van der Waals surface area contributed by atoms with E-state index < -0.39 is 18.0 Å². The molecule has 1 heterocycles. The minimum absolute atomic E-state index is 0.0257. The number of aromatic nitrogens is 2. The number of nitrogens with zero attached hydrogens (tertiary/aromatic N) is 2. The van der Waals surface area contributed by atoms with Gasteiger partial charge in [0, 0.05) is 25.4 Å². The third-order valence-electron chi connectivity index (χ3n) is 5.10. The summed E-state index contributed by atoms with van der Waals surface area (Å²) in [6.45, 7) is -0.129. The molecule has 0 saturated carbocycles. The number of primary amides is 1. The minimum Gasteiger partial charge on any atom is -0.497 e. The van der Waals surface area contributed by atoms with Gasteiger partial charge in [-0.15, -0.1) is 0 Å². The van der Waals surface area contributed by atoms with Crippen molar-refractivity contribution < 1.29 is 19.4 Å². The number of amides is 3. The van der Waals surface area contributed by atoms with Crippen LogP contribution in [0.25, 0.3) is 11.1 Å². The number of methoxy groups -OCH3 is 1.